The first-order chi connectivity index (χ1) is 9.83. The summed E-state index contributed by atoms with van der Waals surface area (Å²) < 4.78 is 6.56. The Hall–Kier alpha value is -0.260. The Balaban J connectivity index is 1.84. The number of aromatic nitrogens is 1. The van der Waals surface area contributed by atoms with E-state index in [0.29, 0.717) is 5.88 Å². The molecule has 3 nitrogen and oxygen atoms in total. The number of pyridine rings is 1. The fourth-order valence-corrected chi connectivity index (χ4v) is 2.28. The zero-order chi connectivity index (χ0) is 14.5. The molecule has 5 heteroatoms. The smallest absolute Gasteiger partial charge is 0.213 e. The summed E-state index contributed by atoms with van der Waals surface area (Å²) in [5.74, 6) is 1.64. The van der Waals surface area contributed by atoms with Gasteiger partial charge in [-0.15, -0.1) is 0 Å². The van der Waals surface area contributed by atoms with E-state index in [4.69, 9.17) is 4.74 Å². The van der Waals surface area contributed by atoms with Gasteiger partial charge in [-0.3, -0.25) is 0 Å². The molecule has 0 amide bonds. The molecule has 114 valence electrons. The molecule has 1 N–H and O–H groups in total. The lowest BCUT2D eigenvalue weighted by molar-refractivity contribution is 0.293. The average Bonchev–Trinajstić information content (AvgIpc) is 2.47. The molecule has 0 fully saturated rings. The number of halogens is 1. The van der Waals surface area contributed by atoms with Crippen molar-refractivity contribution in [3.8, 4) is 5.88 Å². The Morgan fingerprint density at radius 3 is 2.50 bits per heavy atom. The number of rotatable bonds is 12. The monoisotopic (exact) mass is 360 g/mol. The molecule has 0 saturated carbocycles. The van der Waals surface area contributed by atoms with Gasteiger partial charge in [-0.25, -0.2) is 4.98 Å². The van der Waals surface area contributed by atoms with Crippen LogP contribution in [0.5, 0.6) is 5.88 Å². The van der Waals surface area contributed by atoms with Crippen LogP contribution in [0.1, 0.15) is 38.5 Å². The normalized spacial score (nSPS) is 10.7. The minimum absolute atomic E-state index is 0.712. The van der Waals surface area contributed by atoms with Crippen LogP contribution >= 0.6 is 28.6 Å². The Morgan fingerprint density at radius 2 is 1.80 bits per heavy atom. The Kier molecular flexibility index (Phi) is 11.1. The van der Waals surface area contributed by atoms with Gasteiger partial charge in [-0.05, 0) is 41.4 Å². The number of nitrogens with one attached hydrogen (secondary N) is 1. The van der Waals surface area contributed by atoms with E-state index >= 15 is 0 Å². The number of hydrogen-bond donors (Lipinski definition) is 2. The van der Waals surface area contributed by atoms with Gasteiger partial charge in [0.2, 0.25) is 5.88 Å². The molecule has 0 radical (unpaired) electrons. The summed E-state index contributed by atoms with van der Waals surface area (Å²) in [7, 11) is 0. The summed E-state index contributed by atoms with van der Waals surface area (Å²) in [6.45, 7) is 2.90. The molecular weight excluding hydrogens is 336 g/mol. The lowest BCUT2D eigenvalue weighted by Crippen LogP contribution is -2.17. The molecule has 0 aliphatic carbocycles. The van der Waals surface area contributed by atoms with Gasteiger partial charge >= 0.3 is 0 Å². The van der Waals surface area contributed by atoms with Crippen LogP contribution in [0.3, 0.4) is 0 Å². The van der Waals surface area contributed by atoms with Gasteiger partial charge in [0.1, 0.15) is 0 Å². The Morgan fingerprint density at radius 1 is 1.05 bits per heavy atom. The molecule has 1 rings (SSSR count). The first kappa shape index (κ1) is 17.8. The van der Waals surface area contributed by atoms with Gasteiger partial charge < -0.3 is 10.1 Å². The standard InChI is InChI=1S/C15H25BrN2OS/c16-14-7-8-15(18-13-14)19-11-6-4-2-1-3-5-9-17-10-12-20/h7-8,13,17,20H,1-6,9-12H2. The van der Waals surface area contributed by atoms with Crippen LogP contribution in [0.15, 0.2) is 22.8 Å². The molecule has 1 heterocycles. The molecule has 0 aromatic carbocycles. The van der Waals surface area contributed by atoms with Crippen LogP contribution in [0.25, 0.3) is 0 Å². The molecule has 1 aromatic heterocycles. The summed E-state index contributed by atoms with van der Waals surface area (Å²) >= 11 is 7.52. The second-order valence-electron chi connectivity index (χ2n) is 4.76. The highest BCUT2D eigenvalue weighted by atomic mass is 79.9. The first-order valence-electron chi connectivity index (χ1n) is 7.39. The van der Waals surface area contributed by atoms with Gasteiger partial charge in [-0.2, -0.15) is 12.6 Å². The topological polar surface area (TPSA) is 34.1 Å². The van der Waals surface area contributed by atoms with Gasteiger partial charge in [-0.1, -0.05) is 25.7 Å². The maximum atomic E-state index is 5.58. The van der Waals surface area contributed by atoms with E-state index in [1.807, 2.05) is 12.1 Å². The van der Waals surface area contributed by atoms with E-state index in [9.17, 15) is 0 Å². The third kappa shape index (κ3) is 9.61. The summed E-state index contributed by atoms with van der Waals surface area (Å²) in [5, 5.41) is 3.36. The molecule has 0 spiro atoms. The number of unbranched alkanes of at least 4 members (excludes halogenated alkanes) is 5. The van der Waals surface area contributed by atoms with Crippen molar-refractivity contribution < 1.29 is 4.74 Å². The Labute approximate surface area is 136 Å². The predicted molar refractivity (Wildman–Crippen MR) is 91.9 cm³/mol. The van der Waals surface area contributed by atoms with Crippen LogP contribution in [-0.2, 0) is 0 Å². The van der Waals surface area contributed by atoms with Gasteiger partial charge in [0.25, 0.3) is 0 Å². The summed E-state index contributed by atoms with van der Waals surface area (Å²) in [6, 6.07) is 3.84. The zero-order valence-electron chi connectivity index (χ0n) is 12.0. The number of ether oxygens (including phenoxy) is 1. The first-order valence-corrected chi connectivity index (χ1v) is 8.81. The van der Waals surface area contributed by atoms with Crippen molar-refractivity contribution in [3.63, 3.8) is 0 Å². The van der Waals surface area contributed by atoms with Gasteiger partial charge in [0.15, 0.2) is 0 Å². The van der Waals surface area contributed by atoms with Crippen molar-refractivity contribution in [2.24, 2.45) is 0 Å². The van der Waals surface area contributed by atoms with Crippen LogP contribution in [0, 0.1) is 0 Å². The molecule has 0 saturated heterocycles. The predicted octanol–water partition coefficient (Wildman–Crippen LogP) is 4.08. The highest BCUT2D eigenvalue weighted by Gasteiger charge is 1.96. The third-order valence-corrected chi connectivity index (χ3v) is 3.68. The summed E-state index contributed by atoms with van der Waals surface area (Å²) in [4.78, 5) is 4.18. The van der Waals surface area contributed by atoms with Crippen LogP contribution in [-0.4, -0.2) is 30.4 Å². The van der Waals surface area contributed by atoms with E-state index in [-0.39, 0.29) is 0 Å². The number of thiol groups is 1. The highest BCUT2D eigenvalue weighted by Crippen LogP contribution is 2.13. The van der Waals surface area contributed by atoms with Crippen molar-refractivity contribution in [2.45, 2.75) is 38.5 Å². The van der Waals surface area contributed by atoms with Gasteiger partial charge in [0, 0.05) is 29.0 Å². The van der Waals surface area contributed by atoms with Crippen molar-refractivity contribution in [1.29, 1.82) is 0 Å². The molecule has 0 unspecified atom stereocenters. The molecule has 0 atom stereocenters. The zero-order valence-corrected chi connectivity index (χ0v) is 14.5. The van der Waals surface area contributed by atoms with E-state index < -0.39 is 0 Å². The molecule has 0 aliphatic heterocycles. The minimum Gasteiger partial charge on any atom is -0.478 e. The molecule has 20 heavy (non-hydrogen) atoms. The quantitative estimate of drug-likeness (QED) is 0.435. The minimum atomic E-state index is 0.712. The third-order valence-electron chi connectivity index (χ3n) is 2.99. The fourth-order valence-electron chi connectivity index (χ4n) is 1.89. The average molecular weight is 361 g/mol. The van der Waals surface area contributed by atoms with E-state index in [2.05, 4.69) is 38.9 Å². The second kappa shape index (κ2) is 12.5. The maximum Gasteiger partial charge on any atom is 0.213 e. The van der Waals surface area contributed by atoms with Crippen LogP contribution in [0.2, 0.25) is 0 Å². The molecular formula is C15H25BrN2OS. The SMILES string of the molecule is SCCNCCCCCCCCOc1ccc(Br)cn1. The second-order valence-corrected chi connectivity index (χ2v) is 6.12. The van der Waals surface area contributed by atoms with E-state index in [0.717, 1.165) is 36.3 Å². The van der Waals surface area contributed by atoms with E-state index in [1.54, 1.807) is 6.20 Å². The molecule has 0 aliphatic rings. The van der Waals surface area contributed by atoms with Crippen molar-refractivity contribution >= 4 is 28.6 Å². The lowest BCUT2D eigenvalue weighted by Gasteiger charge is -2.05. The number of hydrogen-bond acceptors (Lipinski definition) is 4. The molecule has 0 bridgehead atoms. The highest BCUT2D eigenvalue weighted by molar-refractivity contribution is 9.10. The number of nitrogens with zero attached hydrogens (tertiary/aromatic N) is 1. The van der Waals surface area contributed by atoms with Crippen LogP contribution < -0.4 is 10.1 Å². The van der Waals surface area contributed by atoms with Gasteiger partial charge in [0.05, 0.1) is 6.61 Å². The summed E-state index contributed by atoms with van der Waals surface area (Å²) in [6.07, 6.45) is 9.30. The molecule has 1 aromatic rings. The summed E-state index contributed by atoms with van der Waals surface area (Å²) in [5.41, 5.74) is 0. The van der Waals surface area contributed by atoms with Crippen molar-refractivity contribution in [3.05, 3.63) is 22.8 Å². The van der Waals surface area contributed by atoms with Crippen LogP contribution in [0.4, 0.5) is 0 Å². The fraction of sp³-hybridized carbons (Fsp3) is 0.667. The largest absolute Gasteiger partial charge is 0.478 e. The lowest BCUT2D eigenvalue weighted by atomic mass is 10.1. The van der Waals surface area contributed by atoms with Crippen molar-refractivity contribution in [2.75, 3.05) is 25.4 Å². The Bertz CT molecular complexity index is 335. The maximum absolute atomic E-state index is 5.58. The van der Waals surface area contributed by atoms with Crippen molar-refractivity contribution in [1.82, 2.24) is 10.3 Å². The van der Waals surface area contributed by atoms with E-state index in [1.165, 1.54) is 32.1 Å².